The molecule has 2 aromatic carbocycles. The van der Waals surface area contributed by atoms with Gasteiger partial charge in [0.2, 0.25) is 5.82 Å². The summed E-state index contributed by atoms with van der Waals surface area (Å²) in [5.74, 6) is -0.874. The zero-order chi connectivity index (χ0) is 16.2. The Morgan fingerprint density at radius 3 is 2.70 bits per heavy atom. The van der Waals surface area contributed by atoms with Crippen LogP contribution in [0.2, 0.25) is 0 Å². The molecule has 116 valence electrons. The Morgan fingerprint density at radius 1 is 1.17 bits per heavy atom. The van der Waals surface area contributed by atoms with E-state index in [1.54, 1.807) is 6.07 Å². The van der Waals surface area contributed by atoms with Crippen LogP contribution in [0.4, 0.5) is 4.39 Å². The van der Waals surface area contributed by atoms with Crippen molar-refractivity contribution in [3.63, 3.8) is 0 Å². The monoisotopic (exact) mass is 311 g/mol. The number of hydrogen-bond acceptors (Lipinski definition) is 4. The molecule has 0 saturated heterocycles. The van der Waals surface area contributed by atoms with Crippen molar-refractivity contribution in [2.45, 2.75) is 13.0 Å². The van der Waals surface area contributed by atoms with Gasteiger partial charge in [-0.15, -0.1) is 0 Å². The number of hydrogen-bond donors (Lipinski definition) is 1. The summed E-state index contributed by atoms with van der Waals surface area (Å²) in [5.41, 5.74) is 1.41. The summed E-state index contributed by atoms with van der Waals surface area (Å²) < 4.78 is 18.2. The van der Waals surface area contributed by atoms with Crippen molar-refractivity contribution in [1.29, 1.82) is 0 Å². The van der Waals surface area contributed by atoms with E-state index in [0.717, 1.165) is 5.56 Å². The van der Waals surface area contributed by atoms with E-state index in [0.29, 0.717) is 5.56 Å². The molecule has 1 heterocycles. The first kappa shape index (κ1) is 14.9. The van der Waals surface area contributed by atoms with Gasteiger partial charge in [-0.3, -0.25) is 4.79 Å². The van der Waals surface area contributed by atoms with Crippen molar-refractivity contribution in [3.8, 4) is 11.4 Å². The maximum Gasteiger partial charge on any atom is 0.316 e. The lowest BCUT2D eigenvalue weighted by Gasteiger charge is -2.12. The van der Waals surface area contributed by atoms with Gasteiger partial charge in [-0.2, -0.15) is 4.98 Å². The maximum absolute atomic E-state index is 13.2. The van der Waals surface area contributed by atoms with Crippen molar-refractivity contribution in [2.75, 3.05) is 0 Å². The van der Waals surface area contributed by atoms with Crippen molar-refractivity contribution < 1.29 is 13.7 Å². The molecule has 3 rings (SSSR count). The van der Waals surface area contributed by atoms with E-state index in [1.807, 2.05) is 37.3 Å². The van der Waals surface area contributed by atoms with Crippen LogP contribution < -0.4 is 5.32 Å². The fourth-order valence-corrected chi connectivity index (χ4v) is 2.14. The van der Waals surface area contributed by atoms with Crippen molar-refractivity contribution in [3.05, 3.63) is 71.9 Å². The molecule has 6 heteroatoms. The topological polar surface area (TPSA) is 68.0 Å². The average Bonchev–Trinajstić information content (AvgIpc) is 3.06. The van der Waals surface area contributed by atoms with Gasteiger partial charge in [0.25, 0.3) is 0 Å². The van der Waals surface area contributed by atoms with Gasteiger partial charge in [-0.05, 0) is 24.6 Å². The molecule has 0 aliphatic carbocycles. The van der Waals surface area contributed by atoms with Gasteiger partial charge in [0.15, 0.2) is 0 Å². The first-order valence-corrected chi connectivity index (χ1v) is 7.09. The zero-order valence-electron chi connectivity index (χ0n) is 12.4. The molecule has 0 spiro atoms. The van der Waals surface area contributed by atoms with Gasteiger partial charge in [0, 0.05) is 5.56 Å². The number of nitrogens with one attached hydrogen (secondary N) is 1. The van der Waals surface area contributed by atoms with Crippen LogP contribution in [0.5, 0.6) is 0 Å². The summed E-state index contributed by atoms with van der Waals surface area (Å²) in [6.45, 7) is 1.86. The van der Waals surface area contributed by atoms with E-state index in [9.17, 15) is 9.18 Å². The SMILES string of the molecule is C[C@H](NC(=O)c1nc(-c2cccc(F)c2)no1)c1ccccc1. The van der Waals surface area contributed by atoms with Crippen LogP contribution in [0.15, 0.2) is 59.1 Å². The minimum Gasteiger partial charge on any atom is -0.341 e. The van der Waals surface area contributed by atoms with Crippen LogP contribution in [0, 0.1) is 5.82 Å². The Morgan fingerprint density at radius 2 is 1.96 bits per heavy atom. The largest absolute Gasteiger partial charge is 0.341 e. The Kier molecular flexibility index (Phi) is 4.14. The number of carbonyl (C=O) groups excluding carboxylic acids is 1. The van der Waals surface area contributed by atoms with E-state index in [1.165, 1.54) is 18.2 Å². The van der Waals surface area contributed by atoms with Crippen LogP contribution in [0.25, 0.3) is 11.4 Å². The molecule has 23 heavy (non-hydrogen) atoms. The van der Waals surface area contributed by atoms with Crippen LogP contribution in [-0.4, -0.2) is 16.0 Å². The second kappa shape index (κ2) is 6.39. The minimum absolute atomic E-state index is 0.160. The van der Waals surface area contributed by atoms with Crippen molar-refractivity contribution in [1.82, 2.24) is 15.5 Å². The van der Waals surface area contributed by atoms with Gasteiger partial charge in [-0.25, -0.2) is 4.39 Å². The number of benzene rings is 2. The molecule has 1 aromatic heterocycles. The molecule has 0 radical (unpaired) electrons. The van der Waals surface area contributed by atoms with Crippen molar-refractivity contribution >= 4 is 5.91 Å². The highest BCUT2D eigenvalue weighted by molar-refractivity contribution is 5.90. The predicted octanol–water partition coefficient (Wildman–Crippen LogP) is 3.37. The highest BCUT2D eigenvalue weighted by Gasteiger charge is 2.18. The summed E-state index contributed by atoms with van der Waals surface area (Å²) in [6, 6.07) is 15.1. The molecular weight excluding hydrogens is 297 g/mol. The molecule has 1 N–H and O–H groups in total. The summed E-state index contributed by atoms with van der Waals surface area (Å²) in [7, 11) is 0. The lowest BCUT2D eigenvalue weighted by molar-refractivity contribution is 0.0895. The summed E-state index contributed by atoms with van der Waals surface area (Å²) in [5, 5.41) is 6.49. The minimum atomic E-state index is -0.475. The molecule has 1 amide bonds. The van der Waals surface area contributed by atoms with Crippen LogP contribution in [0.3, 0.4) is 0 Å². The van der Waals surface area contributed by atoms with Gasteiger partial charge in [-0.1, -0.05) is 47.6 Å². The molecular formula is C17H14FN3O2. The second-order valence-corrected chi connectivity index (χ2v) is 5.04. The lowest BCUT2D eigenvalue weighted by Crippen LogP contribution is -2.26. The third-order valence-corrected chi connectivity index (χ3v) is 3.35. The molecule has 0 aliphatic rings. The molecule has 0 saturated carbocycles. The smallest absolute Gasteiger partial charge is 0.316 e. The standard InChI is InChI=1S/C17H14FN3O2/c1-11(12-6-3-2-4-7-12)19-16(22)17-20-15(21-23-17)13-8-5-9-14(18)10-13/h2-11H,1H3,(H,19,22)/t11-/m0/s1. The first-order valence-electron chi connectivity index (χ1n) is 7.09. The number of rotatable bonds is 4. The molecule has 0 aliphatic heterocycles. The van der Waals surface area contributed by atoms with Crippen LogP contribution in [0.1, 0.15) is 29.2 Å². The van der Waals surface area contributed by atoms with E-state index in [2.05, 4.69) is 15.5 Å². The lowest BCUT2D eigenvalue weighted by atomic mass is 10.1. The Balaban J connectivity index is 1.74. The van der Waals surface area contributed by atoms with Gasteiger partial charge in [0.05, 0.1) is 6.04 Å². The number of aromatic nitrogens is 2. The normalized spacial score (nSPS) is 11.9. The first-order chi connectivity index (χ1) is 11.1. The maximum atomic E-state index is 13.2. The Labute approximate surface area is 132 Å². The number of halogens is 1. The molecule has 0 bridgehead atoms. The van der Waals surface area contributed by atoms with Crippen molar-refractivity contribution in [2.24, 2.45) is 0 Å². The van der Waals surface area contributed by atoms with Crippen LogP contribution in [-0.2, 0) is 0 Å². The van der Waals surface area contributed by atoms with Gasteiger partial charge >= 0.3 is 11.8 Å². The summed E-state index contributed by atoms with van der Waals surface area (Å²) >= 11 is 0. The molecule has 0 fully saturated rings. The molecule has 1 atom stereocenters. The molecule has 3 aromatic rings. The highest BCUT2D eigenvalue weighted by atomic mass is 19.1. The zero-order valence-corrected chi connectivity index (χ0v) is 12.4. The third-order valence-electron chi connectivity index (χ3n) is 3.35. The summed E-state index contributed by atoms with van der Waals surface area (Å²) in [4.78, 5) is 16.2. The van der Waals surface area contributed by atoms with E-state index in [4.69, 9.17) is 4.52 Å². The third kappa shape index (κ3) is 3.42. The van der Waals surface area contributed by atoms with Crippen LogP contribution >= 0.6 is 0 Å². The summed E-state index contributed by atoms with van der Waals surface area (Å²) in [6.07, 6.45) is 0. The van der Waals surface area contributed by atoms with E-state index in [-0.39, 0.29) is 17.8 Å². The van der Waals surface area contributed by atoms with Gasteiger partial charge in [0.1, 0.15) is 5.82 Å². The average molecular weight is 311 g/mol. The van der Waals surface area contributed by atoms with Gasteiger partial charge < -0.3 is 9.84 Å². The number of carbonyl (C=O) groups is 1. The second-order valence-electron chi connectivity index (χ2n) is 5.04. The number of amides is 1. The fraction of sp³-hybridized carbons (Fsp3) is 0.118. The van der Waals surface area contributed by atoms with E-state index < -0.39 is 11.7 Å². The molecule has 0 unspecified atom stereocenters. The predicted molar refractivity (Wildman–Crippen MR) is 82.0 cm³/mol. The Bertz CT molecular complexity index is 817. The van der Waals surface area contributed by atoms with E-state index >= 15 is 0 Å². The fourth-order valence-electron chi connectivity index (χ4n) is 2.14. The Hall–Kier alpha value is -3.02. The quantitative estimate of drug-likeness (QED) is 0.802. The molecule has 5 nitrogen and oxygen atoms in total. The highest BCUT2D eigenvalue weighted by Crippen LogP contribution is 2.17. The number of nitrogens with zero attached hydrogens (tertiary/aromatic N) is 2.